The molecule has 1 heterocycles. The van der Waals surface area contributed by atoms with E-state index in [0.29, 0.717) is 5.56 Å². The van der Waals surface area contributed by atoms with Crippen molar-refractivity contribution in [3.63, 3.8) is 0 Å². The second-order valence-electron chi connectivity index (χ2n) is 4.36. The molecule has 0 aliphatic rings. The third-order valence-electron chi connectivity index (χ3n) is 2.81. The summed E-state index contributed by atoms with van der Waals surface area (Å²) in [6.07, 6.45) is 1.95. The lowest BCUT2D eigenvalue weighted by molar-refractivity contribution is 0.0698. The van der Waals surface area contributed by atoms with E-state index in [1.54, 1.807) is 12.1 Å². The van der Waals surface area contributed by atoms with Gasteiger partial charge < -0.3 is 14.6 Å². The lowest BCUT2D eigenvalue weighted by Crippen LogP contribution is -2.18. The number of hydrogen-bond acceptors (Lipinski definition) is 2. The topological polar surface area (TPSA) is 45.5 Å². The summed E-state index contributed by atoms with van der Waals surface area (Å²) in [5.74, 6) is -0.875. The van der Waals surface area contributed by atoms with E-state index in [9.17, 15) is 9.90 Å². The molecule has 2 aromatic rings. The predicted molar refractivity (Wildman–Crippen MR) is 67.5 cm³/mol. The number of para-hydroxylation sites is 1. The molecule has 4 nitrogen and oxygen atoms in total. The highest BCUT2D eigenvalue weighted by atomic mass is 16.4. The first-order valence-electron chi connectivity index (χ1n) is 5.55. The molecule has 17 heavy (non-hydrogen) atoms. The largest absolute Gasteiger partial charge is 0.478 e. The number of fused-ring (bicyclic) bond motifs is 1. The Labute approximate surface area is 100 Å². The zero-order chi connectivity index (χ0) is 12.4. The van der Waals surface area contributed by atoms with Gasteiger partial charge in [-0.1, -0.05) is 12.1 Å². The summed E-state index contributed by atoms with van der Waals surface area (Å²) in [7, 11) is 4.01. The van der Waals surface area contributed by atoms with E-state index in [0.717, 1.165) is 24.0 Å². The fourth-order valence-corrected chi connectivity index (χ4v) is 1.93. The SMILES string of the molecule is CN(C)CCn1ccc2cccc(C(=O)O)c21. The number of rotatable bonds is 4. The molecule has 0 aliphatic heterocycles. The normalized spacial score (nSPS) is 11.2. The summed E-state index contributed by atoms with van der Waals surface area (Å²) < 4.78 is 2.00. The van der Waals surface area contributed by atoms with Crippen LogP contribution in [0.25, 0.3) is 10.9 Å². The van der Waals surface area contributed by atoms with E-state index in [1.807, 2.05) is 37.0 Å². The van der Waals surface area contributed by atoms with Crippen molar-refractivity contribution in [1.29, 1.82) is 0 Å². The van der Waals surface area contributed by atoms with Gasteiger partial charge in [0.1, 0.15) is 0 Å². The maximum absolute atomic E-state index is 11.2. The van der Waals surface area contributed by atoms with Crippen LogP contribution in [0.4, 0.5) is 0 Å². The summed E-state index contributed by atoms with van der Waals surface area (Å²) in [6, 6.07) is 7.32. The number of benzene rings is 1. The van der Waals surface area contributed by atoms with Gasteiger partial charge in [-0.2, -0.15) is 0 Å². The summed E-state index contributed by atoms with van der Waals surface area (Å²) >= 11 is 0. The monoisotopic (exact) mass is 232 g/mol. The van der Waals surface area contributed by atoms with E-state index in [4.69, 9.17) is 0 Å². The number of likely N-dealkylation sites (N-methyl/N-ethyl adjacent to an activating group) is 1. The molecule has 0 saturated carbocycles. The number of carbonyl (C=O) groups is 1. The molecule has 0 bridgehead atoms. The van der Waals surface area contributed by atoms with Gasteiger partial charge in [0.15, 0.2) is 0 Å². The maximum atomic E-state index is 11.2. The van der Waals surface area contributed by atoms with Crippen molar-refractivity contribution in [3.8, 4) is 0 Å². The quantitative estimate of drug-likeness (QED) is 0.875. The molecule has 1 aromatic heterocycles. The fraction of sp³-hybridized carbons (Fsp3) is 0.308. The molecular formula is C13H16N2O2. The van der Waals surface area contributed by atoms with Gasteiger partial charge in [0.2, 0.25) is 0 Å². The molecule has 1 N–H and O–H groups in total. The predicted octanol–water partition coefficient (Wildman–Crippen LogP) is 1.90. The Hall–Kier alpha value is -1.81. The molecule has 90 valence electrons. The van der Waals surface area contributed by atoms with Crippen molar-refractivity contribution in [3.05, 3.63) is 36.0 Å². The molecule has 0 unspecified atom stereocenters. The van der Waals surface area contributed by atoms with Gasteiger partial charge >= 0.3 is 5.97 Å². The lowest BCUT2D eigenvalue weighted by atomic mass is 10.1. The molecule has 0 atom stereocenters. The van der Waals surface area contributed by atoms with Gasteiger partial charge in [-0.25, -0.2) is 4.79 Å². The Kier molecular flexibility index (Phi) is 3.15. The molecule has 0 spiro atoms. The second kappa shape index (κ2) is 4.59. The van der Waals surface area contributed by atoms with Gasteiger partial charge in [0.25, 0.3) is 0 Å². The van der Waals surface area contributed by atoms with Crippen LogP contribution in [0.2, 0.25) is 0 Å². The molecular weight excluding hydrogens is 216 g/mol. The summed E-state index contributed by atoms with van der Waals surface area (Å²) in [5, 5.41) is 10.2. The first-order chi connectivity index (χ1) is 8.09. The van der Waals surface area contributed by atoms with Crippen LogP contribution in [0.15, 0.2) is 30.5 Å². The second-order valence-corrected chi connectivity index (χ2v) is 4.36. The van der Waals surface area contributed by atoms with Crippen LogP contribution in [-0.4, -0.2) is 41.2 Å². The molecule has 0 aliphatic carbocycles. The number of carboxylic acid groups (broad SMARTS) is 1. The van der Waals surface area contributed by atoms with Gasteiger partial charge in [-0.15, -0.1) is 0 Å². The Morgan fingerprint density at radius 3 is 2.76 bits per heavy atom. The van der Waals surface area contributed by atoms with Crippen LogP contribution < -0.4 is 0 Å². The third-order valence-corrected chi connectivity index (χ3v) is 2.81. The third kappa shape index (κ3) is 2.31. The summed E-state index contributed by atoms with van der Waals surface area (Å²) in [4.78, 5) is 13.3. The van der Waals surface area contributed by atoms with Crippen molar-refractivity contribution in [2.24, 2.45) is 0 Å². The van der Waals surface area contributed by atoms with Crippen molar-refractivity contribution in [2.45, 2.75) is 6.54 Å². The zero-order valence-corrected chi connectivity index (χ0v) is 10.1. The van der Waals surface area contributed by atoms with E-state index in [-0.39, 0.29) is 0 Å². The first kappa shape index (κ1) is 11.7. The first-order valence-corrected chi connectivity index (χ1v) is 5.55. The zero-order valence-electron chi connectivity index (χ0n) is 10.1. The van der Waals surface area contributed by atoms with Crippen molar-refractivity contribution >= 4 is 16.9 Å². The standard InChI is InChI=1S/C13H16N2O2/c1-14(2)8-9-15-7-6-10-4-3-5-11(12(10)15)13(16)17/h3-7H,8-9H2,1-2H3,(H,16,17). The van der Waals surface area contributed by atoms with E-state index in [2.05, 4.69) is 4.90 Å². The highest BCUT2D eigenvalue weighted by Crippen LogP contribution is 2.20. The average molecular weight is 232 g/mol. The van der Waals surface area contributed by atoms with Crippen LogP contribution in [0, 0.1) is 0 Å². The highest BCUT2D eigenvalue weighted by molar-refractivity contribution is 6.02. The molecule has 0 saturated heterocycles. The Bertz CT molecular complexity index is 543. The minimum absolute atomic E-state index is 0.367. The molecule has 0 radical (unpaired) electrons. The van der Waals surface area contributed by atoms with Gasteiger partial charge in [0, 0.05) is 24.7 Å². The number of aromatic carboxylic acids is 1. The van der Waals surface area contributed by atoms with Crippen molar-refractivity contribution in [2.75, 3.05) is 20.6 Å². The highest BCUT2D eigenvalue weighted by Gasteiger charge is 2.11. The summed E-state index contributed by atoms with van der Waals surface area (Å²) in [6.45, 7) is 1.68. The Balaban J connectivity index is 2.46. The van der Waals surface area contributed by atoms with Gasteiger partial charge in [-0.05, 0) is 26.2 Å². The lowest BCUT2D eigenvalue weighted by Gasteiger charge is -2.12. The molecule has 2 rings (SSSR count). The van der Waals surface area contributed by atoms with E-state index < -0.39 is 5.97 Å². The van der Waals surface area contributed by atoms with E-state index >= 15 is 0 Å². The van der Waals surface area contributed by atoms with Crippen molar-refractivity contribution < 1.29 is 9.90 Å². The Morgan fingerprint density at radius 2 is 2.12 bits per heavy atom. The van der Waals surface area contributed by atoms with Crippen LogP contribution in [-0.2, 0) is 6.54 Å². The fourth-order valence-electron chi connectivity index (χ4n) is 1.93. The number of aromatic nitrogens is 1. The van der Waals surface area contributed by atoms with Crippen LogP contribution in [0.3, 0.4) is 0 Å². The minimum atomic E-state index is -0.875. The molecule has 1 aromatic carbocycles. The number of hydrogen-bond donors (Lipinski definition) is 1. The van der Waals surface area contributed by atoms with Crippen LogP contribution >= 0.6 is 0 Å². The molecule has 0 amide bonds. The van der Waals surface area contributed by atoms with E-state index in [1.165, 1.54) is 0 Å². The molecule has 4 heteroatoms. The van der Waals surface area contributed by atoms with Gasteiger partial charge in [0.05, 0.1) is 11.1 Å². The maximum Gasteiger partial charge on any atom is 0.337 e. The number of carboxylic acids is 1. The Morgan fingerprint density at radius 1 is 1.35 bits per heavy atom. The summed E-state index contributed by atoms with van der Waals surface area (Å²) in [5.41, 5.74) is 1.17. The average Bonchev–Trinajstić information content (AvgIpc) is 2.69. The molecule has 0 fully saturated rings. The smallest absolute Gasteiger partial charge is 0.337 e. The van der Waals surface area contributed by atoms with Crippen LogP contribution in [0.5, 0.6) is 0 Å². The minimum Gasteiger partial charge on any atom is -0.478 e. The van der Waals surface area contributed by atoms with Crippen LogP contribution in [0.1, 0.15) is 10.4 Å². The van der Waals surface area contributed by atoms with Crippen molar-refractivity contribution in [1.82, 2.24) is 9.47 Å². The van der Waals surface area contributed by atoms with Gasteiger partial charge in [-0.3, -0.25) is 0 Å². The number of nitrogens with zero attached hydrogens (tertiary/aromatic N) is 2.